The van der Waals surface area contributed by atoms with Crippen LogP contribution in [-0.2, 0) is 4.79 Å². The Morgan fingerprint density at radius 3 is 2.68 bits per heavy atom. The van der Waals surface area contributed by atoms with Gasteiger partial charge in [0.1, 0.15) is 11.8 Å². The Bertz CT molecular complexity index is 1220. The monoisotopic (exact) mass is 411 g/mol. The third-order valence-corrected chi connectivity index (χ3v) is 5.61. The molecule has 1 aliphatic heterocycles. The Balaban J connectivity index is 1.51. The van der Waals surface area contributed by atoms with E-state index in [0.717, 1.165) is 16.6 Å². The fraction of sp³-hybridized carbons (Fsp3) is 0.250. The van der Waals surface area contributed by atoms with Crippen LogP contribution in [0.25, 0.3) is 10.9 Å². The summed E-state index contributed by atoms with van der Waals surface area (Å²) < 4.78 is 5.29. The Labute approximate surface area is 180 Å². The lowest BCUT2D eigenvalue weighted by atomic mass is 9.94. The molecule has 1 N–H and O–H groups in total. The van der Waals surface area contributed by atoms with Crippen LogP contribution in [0.5, 0.6) is 5.75 Å². The molecule has 2 aromatic carbocycles. The molecule has 0 atom stereocenters. The summed E-state index contributed by atoms with van der Waals surface area (Å²) in [4.78, 5) is 19.3. The van der Waals surface area contributed by atoms with Gasteiger partial charge in [-0.1, -0.05) is 6.07 Å². The summed E-state index contributed by atoms with van der Waals surface area (Å²) in [5, 5.41) is 22.5. The highest BCUT2D eigenvalue weighted by Crippen LogP contribution is 2.34. The number of rotatable bonds is 4. The number of carbonyl (C=O) groups is 1. The molecule has 2 heterocycles. The third kappa shape index (κ3) is 4.12. The number of anilines is 2. The van der Waals surface area contributed by atoms with Crippen LogP contribution in [0.2, 0.25) is 0 Å². The van der Waals surface area contributed by atoms with Gasteiger partial charge in [0.05, 0.1) is 35.5 Å². The minimum Gasteiger partial charge on any atom is -0.497 e. The Morgan fingerprint density at radius 2 is 1.97 bits per heavy atom. The number of nitrogens with one attached hydrogen (secondary N) is 1. The number of hydrogen-bond donors (Lipinski definition) is 1. The molecule has 1 saturated heterocycles. The maximum absolute atomic E-state index is 12.7. The summed E-state index contributed by atoms with van der Waals surface area (Å²) in [6.45, 7) is 1.33. The van der Waals surface area contributed by atoms with E-state index >= 15 is 0 Å². The fourth-order valence-corrected chi connectivity index (χ4v) is 3.98. The van der Waals surface area contributed by atoms with Gasteiger partial charge < -0.3 is 15.0 Å². The molecule has 7 nitrogen and oxygen atoms in total. The van der Waals surface area contributed by atoms with Crippen molar-refractivity contribution in [3.05, 3.63) is 59.8 Å². The molecule has 1 aromatic heterocycles. The van der Waals surface area contributed by atoms with Crippen LogP contribution in [0.3, 0.4) is 0 Å². The van der Waals surface area contributed by atoms with Gasteiger partial charge in [0.15, 0.2) is 0 Å². The van der Waals surface area contributed by atoms with Crippen molar-refractivity contribution in [2.24, 2.45) is 5.92 Å². The van der Waals surface area contributed by atoms with E-state index in [9.17, 15) is 10.1 Å². The van der Waals surface area contributed by atoms with Crippen LogP contribution in [0.15, 0.2) is 48.7 Å². The number of methoxy groups -OCH3 is 1. The number of amides is 1. The molecule has 3 aromatic rings. The molecule has 31 heavy (non-hydrogen) atoms. The van der Waals surface area contributed by atoms with Crippen molar-refractivity contribution < 1.29 is 9.53 Å². The summed E-state index contributed by atoms with van der Waals surface area (Å²) >= 11 is 0. The summed E-state index contributed by atoms with van der Waals surface area (Å²) in [5.41, 5.74) is 3.29. The van der Waals surface area contributed by atoms with Gasteiger partial charge >= 0.3 is 0 Å². The number of pyridine rings is 1. The van der Waals surface area contributed by atoms with Gasteiger partial charge in [-0.05, 0) is 43.2 Å². The first kappa shape index (κ1) is 20.2. The smallest absolute Gasteiger partial charge is 0.227 e. The minimum atomic E-state index is -0.124. The van der Waals surface area contributed by atoms with Gasteiger partial charge in [0.25, 0.3) is 0 Å². The number of nitrogens with zero attached hydrogens (tertiary/aromatic N) is 4. The number of nitriles is 2. The molecule has 1 amide bonds. The Morgan fingerprint density at radius 1 is 1.16 bits per heavy atom. The molecular formula is C24H21N5O2. The summed E-state index contributed by atoms with van der Waals surface area (Å²) in [7, 11) is 1.61. The molecule has 0 bridgehead atoms. The highest BCUT2D eigenvalue weighted by molar-refractivity contribution is 5.96. The van der Waals surface area contributed by atoms with E-state index in [4.69, 9.17) is 10.00 Å². The van der Waals surface area contributed by atoms with Crippen molar-refractivity contribution in [3.63, 3.8) is 0 Å². The van der Waals surface area contributed by atoms with Gasteiger partial charge in [-0.3, -0.25) is 9.78 Å². The van der Waals surface area contributed by atoms with E-state index < -0.39 is 0 Å². The largest absolute Gasteiger partial charge is 0.497 e. The Kier molecular flexibility index (Phi) is 5.68. The molecule has 4 rings (SSSR count). The number of fused-ring (bicyclic) bond motifs is 1. The molecule has 0 unspecified atom stereocenters. The van der Waals surface area contributed by atoms with Crippen LogP contribution in [0.1, 0.15) is 24.0 Å². The molecule has 0 radical (unpaired) electrons. The van der Waals surface area contributed by atoms with Crippen molar-refractivity contribution in [3.8, 4) is 17.9 Å². The van der Waals surface area contributed by atoms with E-state index in [-0.39, 0.29) is 11.8 Å². The number of piperidine rings is 1. The van der Waals surface area contributed by atoms with E-state index in [1.807, 2.05) is 18.2 Å². The quantitative estimate of drug-likeness (QED) is 0.700. The van der Waals surface area contributed by atoms with Crippen molar-refractivity contribution in [2.75, 3.05) is 30.4 Å². The second kappa shape index (κ2) is 8.73. The maximum Gasteiger partial charge on any atom is 0.227 e. The lowest BCUT2D eigenvalue weighted by molar-refractivity contribution is -0.120. The number of ether oxygens (including phenoxy) is 1. The van der Waals surface area contributed by atoms with Crippen LogP contribution in [-0.4, -0.2) is 31.1 Å². The molecule has 0 aliphatic carbocycles. The zero-order chi connectivity index (χ0) is 21.8. The fourth-order valence-electron chi connectivity index (χ4n) is 3.98. The average molecular weight is 411 g/mol. The summed E-state index contributed by atoms with van der Waals surface area (Å²) in [5.74, 6) is 0.548. The first-order chi connectivity index (χ1) is 15.1. The van der Waals surface area contributed by atoms with Gasteiger partial charge in [0.2, 0.25) is 5.91 Å². The summed E-state index contributed by atoms with van der Waals surface area (Å²) in [6, 6.07) is 16.9. The van der Waals surface area contributed by atoms with E-state index in [2.05, 4.69) is 27.3 Å². The Hall–Kier alpha value is -4.10. The normalized spacial score (nSPS) is 14.0. The molecule has 0 spiro atoms. The number of benzene rings is 2. The molecule has 7 heteroatoms. The number of carbonyl (C=O) groups excluding carboxylic acids is 1. The highest BCUT2D eigenvalue weighted by atomic mass is 16.5. The second-order valence-corrected chi connectivity index (χ2v) is 7.46. The first-order valence-corrected chi connectivity index (χ1v) is 10.1. The zero-order valence-electron chi connectivity index (χ0n) is 17.1. The van der Waals surface area contributed by atoms with E-state index in [1.54, 1.807) is 37.6 Å². The third-order valence-electron chi connectivity index (χ3n) is 5.61. The molecule has 154 valence electrons. The van der Waals surface area contributed by atoms with Crippen molar-refractivity contribution in [1.29, 1.82) is 10.5 Å². The van der Waals surface area contributed by atoms with Crippen molar-refractivity contribution in [2.45, 2.75) is 12.8 Å². The lowest BCUT2D eigenvalue weighted by Gasteiger charge is -2.34. The topological polar surface area (TPSA) is 102 Å². The van der Waals surface area contributed by atoms with E-state index in [1.165, 1.54) is 0 Å². The SMILES string of the molecule is COc1ccc2c(N3CCC(C(=O)Nc4cccc(C#N)c4)CC3)c(C#N)cnc2c1. The number of aromatic nitrogens is 1. The van der Waals surface area contributed by atoms with E-state index in [0.29, 0.717) is 48.5 Å². The van der Waals surface area contributed by atoms with Gasteiger partial charge in [-0.15, -0.1) is 0 Å². The summed E-state index contributed by atoms with van der Waals surface area (Å²) in [6.07, 6.45) is 2.95. The van der Waals surface area contributed by atoms with Crippen molar-refractivity contribution in [1.82, 2.24) is 4.98 Å². The van der Waals surface area contributed by atoms with Crippen molar-refractivity contribution >= 4 is 28.2 Å². The molecule has 0 saturated carbocycles. The molecule has 1 fully saturated rings. The molecular weight excluding hydrogens is 390 g/mol. The predicted molar refractivity (Wildman–Crippen MR) is 118 cm³/mol. The maximum atomic E-state index is 12.7. The zero-order valence-corrected chi connectivity index (χ0v) is 17.1. The predicted octanol–water partition coefficient (Wildman–Crippen LogP) is 3.84. The standard InChI is InChI=1S/C24H21N5O2/c1-31-20-5-6-21-22(12-20)27-15-18(14-26)23(21)29-9-7-17(8-10-29)24(30)28-19-4-2-3-16(11-19)13-25/h2-6,11-12,15,17H,7-10H2,1H3,(H,28,30). The van der Waals surface area contributed by atoms with Gasteiger partial charge in [0, 0.05) is 42.3 Å². The van der Waals surface area contributed by atoms with Gasteiger partial charge in [-0.25, -0.2) is 0 Å². The van der Waals surface area contributed by atoms with Gasteiger partial charge in [-0.2, -0.15) is 10.5 Å². The van der Waals surface area contributed by atoms with Crippen LogP contribution in [0.4, 0.5) is 11.4 Å². The minimum absolute atomic E-state index is 0.0421. The highest BCUT2D eigenvalue weighted by Gasteiger charge is 2.27. The van der Waals surface area contributed by atoms with Crippen LogP contribution < -0.4 is 15.0 Å². The average Bonchev–Trinajstić information content (AvgIpc) is 2.83. The second-order valence-electron chi connectivity index (χ2n) is 7.46. The lowest BCUT2D eigenvalue weighted by Crippen LogP contribution is -2.38. The van der Waals surface area contributed by atoms with Crippen LogP contribution >= 0.6 is 0 Å². The first-order valence-electron chi connectivity index (χ1n) is 10.1. The number of hydrogen-bond acceptors (Lipinski definition) is 6. The molecule has 1 aliphatic rings. The van der Waals surface area contributed by atoms with Crippen LogP contribution in [0, 0.1) is 28.6 Å².